The van der Waals surface area contributed by atoms with Crippen LogP contribution in [0.4, 0.5) is 0 Å². The number of benzene rings is 1. The average Bonchev–Trinajstić information content (AvgIpc) is 3.03. The Morgan fingerprint density at radius 2 is 1.83 bits per heavy atom. The Morgan fingerprint density at radius 3 is 2.46 bits per heavy atom. The lowest BCUT2D eigenvalue weighted by atomic mass is 9.44. The number of hydrogen-bond acceptors (Lipinski definition) is 3. The fourth-order valence-electron chi connectivity index (χ4n) is 4.60. The van der Waals surface area contributed by atoms with Gasteiger partial charge in [-0.25, -0.2) is 4.98 Å². The second-order valence-corrected chi connectivity index (χ2v) is 7.74. The van der Waals surface area contributed by atoms with Crippen LogP contribution in [0.25, 0.3) is 11.4 Å². The van der Waals surface area contributed by atoms with E-state index >= 15 is 0 Å². The molecule has 2 heterocycles. The first-order valence-electron chi connectivity index (χ1n) is 9.01. The van der Waals surface area contributed by atoms with Crippen LogP contribution in [-0.2, 0) is 4.79 Å². The maximum atomic E-state index is 12.7. The van der Waals surface area contributed by atoms with Gasteiger partial charge in [-0.05, 0) is 38.0 Å². The molecule has 0 radical (unpaired) electrons. The molecule has 2 aromatic rings. The van der Waals surface area contributed by atoms with E-state index < -0.39 is 0 Å². The van der Waals surface area contributed by atoms with Crippen LogP contribution in [0.15, 0.2) is 30.3 Å². The van der Waals surface area contributed by atoms with E-state index in [2.05, 4.69) is 20.1 Å². The molecule has 1 aliphatic heterocycles. The van der Waals surface area contributed by atoms with Crippen molar-refractivity contribution in [2.75, 3.05) is 13.1 Å². The molecule has 0 unspecified atom stereocenters. The second kappa shape index (κ2) is 5.16. The van der Waals surface area contributed by atoms with Crippen LogP contribution in [-0.4, -0.2) is 39.1 Å². The van der Waals surface area contributed by atoms with Crippen LogP contribution >= 0.6 is 0 Å². The monoisotopic (exact) mass is 322 g/mol. The van der Waals surface area contributed by atoms with Gasteiger partial charge >= 0.3 is 0 Å². The van der Waals surface area contributed by atoms with Gasteiger partial charge in [-0.3, -0.25) is 9.89 Å². The van der Waals surface area contributed by atoms with Crippen molar-refractivity contribution in [1.82, 2.24) is 20.1 Å². The van der Waals surface area contributed by atoms with Gasteiger partial charge in [0.2, 0.25) is 5.91 Å². The van der Waals surface area contributed by atoms with Crippen molar-refractivity contribution in [2.24, 2.45) is 11.3 Å². The quantitative estimate of drug-likeness (QED) is 0.945. The first-order valence-corrected chi connectivity index (χ1v) is 9.01. The van der Waals surface area contributed by atoms with Gasteiger partial charge in [-0.15, -0.1) is 0 Å². The van der Waals surface area contributed by atoms with Crippen molar-refractivity contribution in [2.45, 2.75) is 38.0 Å². The van der Waals surface area contributed by atoms with Crippen molar-refractivity contribution in [3.63, 3.8) is 0 Å². The van der Waals surface area contributed by atoms with E-state index in [1.165, 1.54) is 0 Å². The lowest BCUT2D eigenvalue weighted by Gasteiger charge is -2.61. The Kier molecular flexibility index (Phi) is 3.05. The van der Waals surface area contributed by atoms with E-state index in [0.717, 1.165) is 68.3 Å². The molecule has 0 atom stereocenters. The summed E-state index contributed by atoms with van der Waals surface area (Å²) < 4.78 is 0. The molecule has 1 aromatic carbocycles. The molecule has 1 aromatic heterocycles. The van der Waals surface area contributed by atoms with E-state index in [9.17, 15) is 4.79 Å². The second-order valence-electron chi connectivity index (χ2n) is 7.74. The summed E-state index contributed by atoms with van der Waals surface area (Å²) in [5, 5.41) is 7.48. The number of hydrogen-bond donors (Lipinski definition) is 1. The smallest absolute Gasteiger partial charge is 0.228 e. The highest BCUT2D eigenvalue weighted by atomic mass is 16.2. The third kappa shape index (κ3) is 2.10. The summed E-state index contributed by atoms with van der Waals surface area (Å²) in [5.41, 5.74) is 1.10. The number of nitrogens with zero attached hydrogens (tertiary/aromatic N) is 3. The molecule has 5 nitrogen and oxygen atoms in total. The number of carbonyl (C=O) groups excluding carboxylic acids is 1. The highest BCUT2D eigenvalue weighted by molar-refractivity contribution is 5.85. The highest BCUT2D eigenvalue weighted by Gasteiger charge is 2.62. The Morgan fingerprint density at radius 1 is 1.12 bits per heavy atom. The maximum absolute atomic E-state index is 12.7. The molecule has 124 valence electrons. The van der Waals surface area contributed by atoms with Crippen molar-refractivity contribution < 1.29 is 4.79 Å². The van der Waals surface area contributed by atoms with Crippen LogP contribution in [0, 0.1) is 11.3 Å². The van der Waals surface area contributed by atoms with Gasteiger partial charge in [0.25, 0.3) is 0 Å². The maximum Gasteiger partial charge on any atom is 0.228 e. The number of nitrogens with one attached hydrogen (secondary N) is 1. The van der Waals surface area contributed by atoms with Crippen molar-refractivity contribution in [3.05, 3.63) is 36.2 Å². The van der Waals surface area contributed by atoms with E-state index in [1.807, 2.05) is 30.3 Å². The van der Waals surface area contributed by atoms with Crippen molar-refractivity contribution in [1.29, 1.82) is 0 Å². The summed E-state index contributed by atoms with van der Waals surface area (Å²) in [4.78, 5) is 19.4. The summed E-state index contributed by atoms with van der Waals surface area (Å²) in [6, 6.07) is 10.0. The molecule has 1 amide bonds. The van der Waals surface area contributed by atoms with Gasteiger partial charge in [0.15, 0.2) is 5.82 Å². The summed E-state index contributed by atoms with van der Waals surface area (Å²) >= 11 is 0. The average molecular weight is 322 g/mol. The van der Waals surface area contributed by atoms with Crippen LogP contribution in [0.3, 0.4) is 0 Å². The molecule has 5 heteroatoms. The molecule has 24 heavy (non-hydrogen) atoms. The predicted molar refractivity (Wildman–Crippen MR) is 90.1 cm³/mol. The number of aromatic nitrogens is 3. The summed E-state index contributed by atoms with van der Waals surface area (Å²) in [5.74, 6) is 3.39. The van der Waals surface area contributed by atoms with Gasteiger partial charge in [-0.2, -0.15) is 5.10 Å². The molecule has 4 aliphatic rings. The molecule has 1 saturated heterocycles. The SMILES string of the molecule is O=C(N1CCC(c2nc(-c3ccccc3)n[nH]2)CC1)C12CC(C1)C2. The number of H-pyrrole nitrogens is 1. The van der Waals surface area contributed by atoms with Crippen molar-refractivity contribution >= 4 is 5.91 Å². The lowest BCUT2D eigenvalue weighted by Crippen LogP contribution is -2.61. The third-order valence-corrected chi connectivity index (χ3v) is 6.20. The Labute approximate surface area is 141 Å². The van der Waals surface area contributed by atoms with Gasteiger partial charge in [0.05, 0.1) is 5.41 Å². The zero-order valence-corrected chi connectivity index (χ0v) is 13.7. The van der Waals surface area contributed by atoms with Gasteiger partial charge < -0.3 is 4.90 Å². The van der Waals surface area contributed by atoms with Crippen molar-refractivity contribution in [3.8, 4) is 11.4 Å². The predicted octanol–water partition coefficient (Wildman–Crippen LogP) is 2.98. The van der Waals surface area contributed by atoms with E-state index in [4.69, 9.17) is 0 Å². The van der Waals surface area contributed by atoms with Crippen LogP contribution in [0.2, 0.25) is 0 Å². The molecular formula is C19H22N4O. The van der Waals surface area contributed by atoms with Crippen LogP contribution in [0.5, 0.6) is 0 Å². The first kappa shape index (κ1) is 14.2. The number of rotatable bonds is 3. The zero-order chi connectivity index (χ0) is 16.1. The highest BCUT2D eigenvalue weighted by Crippen LogP contribution is 2.65. The molecule has 3 saturated carbocycles. The fourth-order valence-corrected chi connectivity index (χ4v) is 4.60. The minimum Gasteiger partial charge on any atom is -0.342 e. The topological polar surface area (TPSA) is 61.9 Å². The normalized spacial score (nSPS) is 29.0. The molecule has 0 spiro atoms. The Bertz CT molecular complexity index is 744. The largest absolute Gasteiger partial charge is 0.342 e. The van der Waals surface area contributed by atoms with E-state index in [1.54, 1.807) is 0 Å². The molecule has 2 bridgehead atoms. The van der Waals surface area contributed by atoms with Crippen LogP contribution in [0.1, 0.15) is 43.8 Å². The van der Waals surface area contributed by atoms with Gasteiger partial charge in [-0.1, -0.05) is 30.3 Å². The molecule has 1 N–H and O–H groups in total. The number of piperidine rings is 1. The Balaban J connectivity index is 1.24. The first-order chi connectivity index (χ1) is 11.7. The number of likely N-dealkylation sites (tertiary alicyclic amines) is 1. The molecular weight excluding hydrogens is 300 g/mol. The number of aromatic amines is 1. The Hall–Kier alpha value is -2.17. The lowest BCUT2D eigenvalue weighted by molar-refractivity contribution is -0.177. The molecule has 3 aliphatic carbocycles. The van der Waals surface area contributed by atoms with Crippen LogP contribution < -0.4 is 0 Å². The summed E-state index contributed by atoms with van der Waals surface area (Å²) in [7, 11) is 0. The molecule has 4 fully saturated rings. The minimum atomic E-state index is 0.0597. The third-order valence-electron chi connectivity index (χ3n) is 6.20. The number of carbonyl (C=O) groups is 1. The summed E-state index contributed by atoms with van der Waals surface area (Å²) in [6.45, 7) is 1.72. The molecule has 6 rings (SSSR count). The van der Waals surface area contributed by atoms with Gasteiger partial charge in [0.1, 0.15) is 5.82 Å². The minimum absolute atomic E-state index is 0.0597. The van der Waals surface area contributed by atoms with Gasteiger partial charge in [0, 0.05) is 24.6 Å². The zero-order valence-electron chi connectivity index (χ0n) is 13.7. The number of amides is 1. The van der Waals surface area contributed by atoms with E-state index in [-0.39, 0.29) is 5.41 Å². The fraction of sp³-hybridized carbons (Fsp3) is 0.526. The van der Waals surface area contributed by atoms with E-state index in [0.29, 0.717) is 11.8 Å². The summed E-state index contributed by atoms with van der Waals surface area (Å²) in [6.07, 6.45) is 5.40. The standard InChI is InChI=1S/C19H22N4O/c24-18(19-10-13(11-19)12-19)23-8-6-15(7-9-23)17-20-16(21-22-17)14-4-2-1-3-5-14/h1-5,13,15H,6-12H2,(H,20,21,22).